The summed E-state index contributed by atoms with van der Waals surface area (Å²) in [6.07, 6.45) is 0.0158. The molecule has 8 nitrogen and oxygen atoms in total. The van der Waals surface area contributed by atoms with Crippen molar-refractivity contribution in [2.75, 3.05) is 13.2 Å². The molecular formula is C22H22N2O6. The Balaban J connectivity index is 1.40. The van der Waals surface area contributed by atoms with Gasteiger partial charge in [0.25, 0.3) is 0 Å². The molecule has 0 heterocycles. The number of aliphatic carboxylic acids is 1. The SMILES string of the molecule is O=C(NC1(C(=O)N[C@@H](CO)C(=O)O)CC1)OCC1c2ccccc2-c2ccccc21. The van der Waals surface area contributed by atoms with Crippen LogP contribution >= 0.6 is 0 Å². The van der Waals surface area contributed by atoms with Crippen molar-refractivity contribution < 1.29 is 29.3 Å². The van der Waals surface area contributed by atoms with E-state index >= 15 is 0 Å². The van der Waals surface area contributed by atoms with Crippen LogP contribution < -0.4 is 10.6 Å². The van der Waals surface area contributed by atoms with Gasteiger partial charge in [0.05, 0.1) is 6.61 Å². The standard InChI is InChI=1S/C22H22N2O6/c25-11-18(19(26)27)23-20(28)22(9-10-22)24-21(29)30-12-17-15-7-3-1-5-13(15)14-6-2-4-8-16(14)17/h1-8,17-18,25H,9-12H2,(H,23,28)(H,24,29)(H,26,27)/t18-/m0/s1. The van der Waals surface area contributed by atoms with E-state index in [1.165, 1.54) is 0 Å². The molecule has 0 saturated heterocycles. The van der Waals surface area contributed by atoms with Crippen LogP contribution in [0, 0.1) is 0 Å². The summed E-state index contributed by atoms with van der Waals surface area (Å²) in [5, 5.41) is 22.8. The molecule has 4 rings (SSSR count). The number of nitrogens with one attached hydrogen (secondary N) is 2. The van der Waals surface area contributed by atoms with Gasteiger partial charge in [-0.1, -0.05) is 48.5 Å². The Labute approximate surface area is 172 Å². The lowest BCUT2D eigenvalue weighted by molar-refractivity contribution is -0.143. The third kappa shape index (κ3) is 3.61. The first-order valence-corrected chi connectivity index (χ1v) is 9.73. The molecule has 1 saturated carbocycles. The molecule has 1 atom stereocenters. The number of fused-ring (bicyclic) bond motifs is 3. The van der Waals surface area contributed by atoms with Crippen molar-refractivity contribution in [1.29, 1.82) is 0 Å². The van der Waals surface area contributed by atoms with Crippen molar-refractivity contribution in [2.24, 2.45) is 0 Å². The Morgan fingerprint density at radius 3 is 2.10 bits per heavy atom. The molecule has 1 fully saturated rings. The Kier molecular flexibility index (Phi) is 5.17. The number of carboxylic acids is 1. The van der Waals surface area contributed by atoms with Crippen molar-refractivity contribution in [3.63, 3.8) is 0 Å². The van der Waals surface area contributed by atoms with Gasteiger partial charge in [0, 0.05) is 5.92 Å². The van der Waals surface area contributed by atoms with Crippen LogP contribution in [0.1, 0.15) is 29.9 Å². The van der Waals surface area contributed by atoms with Crippen LogP contribution in [0.4, 0.5) is 4.79 Å². The van der Waals surface area contributed by atoms with Gasteiger partial charge in [-0.3, -0.25) is 4.79 Å². The minimum absolute atomic E-state index is 0.0992. The molecule has 2 aromatic rings. The molecule has 0 bridgehead atoms. The minimum Gasteiger partial charge on any atom is -0.480 e. The lowest BCUT2D eigenvalue weighted by Crippen LogP contribution is -2.54. The van der Waals surface area contributed by atoms with Crippen LogP contribution in [-0.2, 0) is 14.3 Å². The third-order valence-electron chi connectivity index (χ3n) is 5.66. The van der Waals surface area contributed by atoms with Crippen LogP contribution in [-0.4, -0.2) is 53.0 Å². The molecule has 156 valence electrons. The molecule has 2 aliphatic rings. The van der Waals surface area contributed by atoms with E-state index in [0.717, 1.165) is 22.3 Å². The zero-order valence-corrected chi connectivity index (χ0v) is 16.1. The molecule has 2 amide bonds. The van der Waals surface area contributed by atoms with E-state index in [4.69, 9.17) is 14.9 Å². The molecule has 0 radical (unpaired) electrons. The van der Waals surface area contributed by atoms with Gasteiger partial charge in [0.15, 0.2) is 0 Å². The topological polar surface area (TPSA) is 125 Å². The van der Waals surface area contributed by atoms with E-state index in [2.05, 4.69) is 10.6 Å². The number of carboxylic acid groups (broad SMARTS) is 1. The van der Waals surface area contributed by atoms with Crippen molar-refractivity contribution in [3.8, 4) is 11.1 Å². The highest BCUT2D eigenvalue weighted by atomic mass is 16.5. The first kappa shape index (κ1) is 19.9. The van der Waals surface area contributed by atoms with E-state index in [1.54, 1.807) is 0 Å². The highest BCUT2D eigenvalue weighted by Gasteiger charge is 2.52. The summed E-state index contributed by atoms with van der Waals surface area (Å²) in [5.74, 6) is -2.09. The number of carbonyl (C=O) groups excluding carboxylic acids is 2. The molecule has 8 heteroatoms. The predicted octanol–water partition coefficient (Wildman–Crippen LogP) is 1.62. The van der Waals surface area contributed by atoms with Crippen LogP contribution in [0.5, 0.6) is 0 Å². The van der Waals surface area contributed by atoms with E-state index in [0.29, 0.717) is 12.8 Å². The number of rotatable bonds is 7. The van der Waals surface area contributed by atoms with Crippen molar-refractivity contribution in [3.05, 3.63) is 59.7 Å². The first-order chi connectivity index (χ1) is 14.4. The second kappa shape index (κ2) is 7.79. The Hall–Kier alpha value is -3.39. The van der Waals surface area contributed by atoms with Gasteiger partial charge in [0.2, 0.25) is 5.91 Å². The third-order valence-corrected chi connectivity index (χ3v) is 5.66. The quantitative estimate of drug-likeness (QED) is 0.550. The van der Waals surface area contributed by atoms with Gasteiger partial charge in [0.1, 0.15) is 18.2 Å². The summed E-state index contributed by atoms with van der Waals surface area (Å²) < 4.78 is 5.45. The number of alkyl carbamates (subject to hydrolysis) is 1. The highest BCUT2D eigenvalue weighted by Crippen LogP contribution is 2.44. The molecule has 0 aromatic heterocycles. The first-order valence-electron chi connectivity index (χ1n) is 9.73. The molecule has 2 aromatic carbocycles. The fourth-order valence-corrected chi connectivity index (χ4v) is 3.85. The molecular weight excluding hydrogens is 388 g/mol. The van der Waals surface area contributed by atoms with Crippen LogP contribution in [0.15, 0.2) is 48.5 Å². The summed E-state index contributed by atoms with van der Waals surface area (Å²) in [6.45, 7) is -0.617. The monoisotopic (exact) mass is 410 g/mol. The summed E-state index contributed by atoms with van der Waals surface area (Å²) in [4.78, 5) is 35.8. The van der Waals surface area contributed by atoms with Crippen molar-refractivity contribution >= 4 is 18.0 Å². The van der Waals surface area contributed by atoms with Crippen LogP contribution in [0.3, 0.4) is 0 Å². The second-order valence-electron chi connectivity index (χ2n) is 7.58. The van der Waals surface area contributed by atoms with E-state index in [9.17, 15) is 14.4 Å². The summed E-state index contributed by atoms with van der Waals surface area (Å²) in [6, 6.07) is 14.5. The average molecular weight is 410 g/mol. The van der Waals surface area contributed by atoms with Gasteiger partial charge < -0.3 is 25.6 Å². The van der Waals surface area contributed by atoms with Crippen molar-refractivity contribution in [1.82, 2.24) is 10.6 Å². The van der Waals surface area contributed by atoms with Gasteiger partial charge in [-0.2, -0.15) is 0 Å². The molecule has 2 aliphatic carbocycles. The summed E-state index contributed by atoms with van der Waals surface area (Å²) >= 11 is 0. The number of aliphatic hydroxyl groups excluding tert-OH is 1. The number of hydrogen-bond acceptors (Lipinski definition) is 5. The molecule has 30 heavy (non-hydrogen) atoms. The molecule has 4 N–H and O–H groups in total. The smallest absolute Gasteiger partial charge is 0.408 e. The number of hydrogen-bond donors (Lipinski definition) is 4. The van der Waals surface area contributed by atoms with Crippen molar-refractivity contribution in [2.45, 2.75) is 30.3 Å². The average Bonchev–Trinajstić information content (AvgIpc) is 3.46. The van der Waals surface area contributed by atoms with E-state index in [1.807, 2.05) is 48.5 Å². The Bertz CT molecular complexity index is 955. The number of aliphatic hydroxyl groups is 1. The van der Waals surface area contributed by atoms with E-state index < -0.39 is 36.2 Å². The maximum absolute atomic E-state index is 12.4. The van der Waals surface area contributed by atoms with Gasteiger partial charge in [-0.05, 0) is 35.1 Å². The van der Waals surface area contributed by atoms with Crippen LogP contribution in [0.25, 0.3) is 11.1 Å². The normalized spacial score (nSPS) is 16.7. The fraction of sp³-hybridized carbons (Fsp3) is 0.318. The lowest BCUT2D eigenvalue weighted by Gasteiger charge is -2.20. The molecule has 0 aliphatic heterocycles. The van der Waals surface area contributed by atoms with Crippen LogP contribution in [0.2, 0.25) is 0 Å². The molecule has 0 spiro atoms. The summed E-state index contributed by atoms with van der Waals surface area (Å²) in [7, 11) is 0. The largest absolute Gasteiger partial charge is 0.480 e. The predicted molar refractivity (Wildman–Crippen MR) is 107 cm³/mol. The Morgan fingerprint density at radius 2 is 1.60 bits per heavy atom. The highest BCUT2D eigenvalue weighted by molar-refractivity contribution is 5.95. The fourth-order valence-electron chi connectivity index (χ4n) is 3.85. The maximum atomic E-state index is 12.4. The molecule has 0 unspecified atom stereocenters. The van der Waals surface area contributed by atoms with E-state index in [-0.39, 0.29) is 12.5 Å². The van der Waals surface area contributed by atoms with Gasteiger partial charge in [-0.15, -0.1) is 0 Å². The Morgan fingerprint density at radius 1 is 1.03 bits per heavy atom. The second-order valence-corrected chi connectivity index (χ2v) is 7.58. The zero-order chi connectivity index (χ0) is 21.3. The summed E-state index contributed by atoms with van der Waals surface area (Å²) in [5.41, 5.74) is 3.20. The van der Waals surface area contributed by atoms with Gasteiger partial charge >= 0.3 is 12.1 Å². The number of carbonyl (C=O) groups is 3. The minimum atomic E-state index is -1.42. The zero-order valence-electron chi connectivity index (χ0n) is 16.1. The number of benzene rings is 2. The number of amides is 2. The lowest BCUT2D eigenvalue weighted by atomic mass is 9.98. The number of ether oxygens (including phenoxy) is 1. The van der Waals surface area contributed by atoms with Gasteiger partial charge in [-0.25, -0.2) is 9.59 Å². The maximum Gasteiger partial charge on any atom is 0.408 e.